The average molecular weight is 385 g/mol. The number of pyridine rings is 1. The molecule has 1 aromatic heterocycles. The van der Waals surface area contributed by atoms with Crippen molar-refractivity contribution < 1.29 is 13.9 Å². The first-order valence-electron chi connectivity index (χ1n) is 8.82. The Morgan fingerprint density at radius 2 is 2.04 bits per heavy atom. The van der Waals surface area contributed by atoms with Crippen molar-refractivity contribution in [2.75, 3.05) is 0 Å². The number of nitrogens with zero attached hydrogens (tertiary/aromatic N) is 1. The molecule has 1 N–H and O–H groups in total. The number of hydrogen-bond acceptors (Lipinski definition) is 3. The molecule has 6 heteroatoms. The highest BCUT2D eigenvalue weighted by atomic mass is 35.5. The highest BCUT2D eigenvalue weighted by Gasteiger charge is 2.26. The van der Waals surface area contributed by atoms with Crippen LogP contribution in [0.1, 0.15) is 19.8 Å². The molecule has 1 fully saturated rings. The van der Waals surface area contributed by atoms with E-state index in [0.717, 1.165) is 29.4 Å². The van der Waals surface area contributed by atoms with E-state index < -0.39 is 6.10 Å². The maximum absolute atomic E-state index is 13.4. The van der Waals surface area contributed by atoms with Gasteiger partial charge in [-0.05, 0) is 61.7 Å². The molecular formula is C21H18ClFN2O2. The third-order valence-corrected chi connectivity index (χ3v) is 4.85. The molecule has 1 saturated carbocycles. The number of aromatic nitrogens is 1. The maximum atomic E-state index is 13.4. The van der Waals surface area contributed by atoms with Crippen LogP contribution < -0.4 is 10.1 Å². The van der Waals surface area contributed by atoms with Gasteiger partial charge in [0.2, 0.25) is 0 Å². The molecule has 0 saturated heterocycles. The quantitative estimate of drug-likeness (QED) is 0.691. The summed E-state index contributed by atoms with van der Waals surface area (Å²) in [6.07, 6.45) is 3.16. The summed E-state index contributed by atoms with van der Waals surface area (Å²) >= 11 is 6.22. The largest absolute Gasteiger partial charge is 0.481 e. The number of carbonyl (C=O) groups is 1. The fourth-order valence-electron chi connectivity index (χ4n) is 2.95. The van der Waals surface area contributed by atoms with Gasteiger partial charge in [-0.2, -0.15) is 0 Å². The van der Waals surface area contributed by atoms with Gasteiger partial charge in [0.1, 0.15) is 11.6 Å². The first kappa shape index (κ1) is 17.7. The van der Waals surface area contributed by atoms with Crippen molar-refractivity contribution in [2.24, 2.45) is 0 Å². The lowest BCUT2D eigenvalue weighted by molar-refractivity contribution is -0.127. The highest BCUT2D eigenvalue weighted by molar-refractivity contribution is 6.33. The molecule has 1 amide bonds. The van der Waals surface area contributed by atoms with Crippen molar-refractivity contribution in [3.05, 3.63) is 59.5 Å². The number of benzene rings is 2. The predicted molar refractivity (Wildman–Crippen MR) is 103 cm³/mol. The molecule has 1 heterocycles. The van der Waals surface area contributed by atoms with E-state index in [0.29, 0.717) is 22.3 Å². The molecule has 1 aliphatic carbocycles. The summed E-state index contributed by atoms with van der Waals surface area (Å²) in [5.74, 6) is 0.0736. The van der Waals surface area contributed by atoms with Crippen LogP contribution in [-0.2, 0) is 4.79 Å². The Balaban J connectivity index is 1.62. The number of nitrogens with one attached hydrogen (secondary N) is 1. The summed E-state index contributed by atoms with van der Waals surface area (Å²) in [4.78, 5) is 16.5. The highest BCUT2D eigenvalue weighted by Crippen LogP contribution is 2.34. The van der Waals surface area contributed by atoms with Gasteiger partial charge in [-0.25, -0.2) is 4.39 Å². The van der Waals surface area contributed by atoms with Gasteiger partial charge in [0.05, 0.1) is 10.5 Å². The first-order valence-corrected chi connectivity index (χ1v) is 9.20. The van der Waals surface area contributed by atoms with Crippen LogP contribution in [0.2, 0.25) is 5.02 Å². The van der Waals surface area contributed by atoms with Gasteiger partial charge >= 0.3 is 0 Å². The lowest BCUT2D eigenvalue weighted by Gasteiger charge is -2.15. The van der Waals surface area contributed by atoms with Crippen LogP contribution in [0.15, 0.2) is 48.7 Å². The smallest absolute Gasteiger partial charge is 0.260 e. The zero-order valence-electron chi connectivity index (χ0n) is 14.7. The number of amides is 1. The molecule has 1 aliphatic rings. The molecule has 4 nitrogen and oxygen atoms in total. The van der Waals surface area contributed by atoms with Crippen LogP contribution in [0.5, 0.6) is 5.75 Å². The second-order valence-corrected chi connectivity index (χ2v) is 7.11. The summed E-state index contributed by atoms with van der Waals surface area (Å²) in [6, 6.07) is 11.9. The van der Waals surface area contributed by atoms with Gasteiger partial charge in [-0.15, -0.1) is 0 Å². The standard InChI is InChI=1S/C21H18ClFN2O2/c1-12(21(26)25-14-3-4-14)27-15-5-7-18-16(8-9-24-20(18)11-15)17-6-2-13(23)10-19(17)22/h2,5-12,14H,3-4H2,1H3,(H,25,26). The molecule has 2 aromatic carbocycles. The van der Waals surface area contributed by atoms with E-state index in [4.69, 9.17) is 16.3 Å². The minimum atomic E-state index is -0.585. The Morgan fingerprint density at radius 3 is 2.78 bits per heavy atom. The van der Waals surface area contributed by atoms with E-state index >= 15 is 0 Å². The number of ether oxygens (including phenoxy) is 1. The number of fused-ring (bicyclic) bond motifs is 1. The van der Waals surface area contributed by atoms with E-state index in [2.05, 4.69) is 10.3 Å². The van der Waals surface area contributed by atoms with Crippen molar-refractivity contribution in [1.29, 1.82) is 0 Å². The number of rotatable bonds is 5. The van der Waals surface area contributed by atoms with Crippen LogP contribution in [0.3, 0.4) is 0 Å². The lowest BCUT2D eigenvalue weighted by Crippen LogP contribution is -2.37. The summed E-state index contributed by atoms with van der Waals surface area (Å²) < 4.78 is 19.1. The van der Waals surface area contributed by atoms with Crippen molar-refractivity contribution in [3.8, 4) is 16.9 Å². The normalized spacial score (nSPS) is 14.8. The molecule has 138 valence electrons. The molecule has 0 spiro atoms. The topological polar surface area (TPSA) is 51.2 Å². The van der Waals surface area contributed by atoms with Crippen LogP contribution in [0, 0.1) is 5.82 Å². The van der Waals surface area contributed by atoms with E-state index in [1.54, 1.807) is 31.3 Å². The lowest BCUT2D eigenvalue weighted by atomic mass is 10.0. The van der Waals surface area contributed by atoms with Gasteiger partial charge in [0.15, 0.2) is 6.10 Å². The molecule has 3 aromatic rings. The first-order chi connectivity index (χ1) is 13.0. The van der Waals surface area contributed by atoms with Crippen molar-refractivity contribution in [3.63, 3.8) is 0 Å². The molecule has 27 heavy (non-hydrogen) atoms. The Morgan fingerprint density at radius 1 is 1.22 bits per heavy atom. The summed E-state index contributed by atoms with van der Waals surface area (Å²) in [5, 5.41) is 4.14. The zero-order chi connectivity index (χ0) is 19.0. The Labute approximate surface area is 161 Å². The maximum Gasteiger partial charge on any atom is 0.260 e. The Kier molecular flexibility index (Phi) is 4.70. The van der Waals surface area contributed by atoms with E-state index in [-0.39, 0.29) is 11.7 Å². The molecule has 4 rings (SSSR count). The molecule has 1 unspecified atom stereocenters. The van der Waals surface area contributed by atoms with Crippen LogP contribution in [-0.4, -0.2) is 23.0 Å². The van der Waals surface area contributed by atoms with E-state index in [1.165, 1.54) is 12.1 Å². The zero-order valence-corrected chi connectivity index (χ0v) is 15.5. The van der Waals surface area contributed by atoms with Gasteiger partial charge in [0, 0.05) is 29.3 Å². The molecule has 0 bridgehead atoms. The van der Waals surface area contributed by atoms with Crippen molar-refractivity contribution in [1.82, 2.24) is 10.3 Å². The summed E-state index contributed by atoms with van der Waals surface area (Å²) in [5.41, 5.74) is 2.30. The van der Waals surface area contributed by atoms with E-state index in [1.807, 2.05) is 12.1 Å². The van der Waals surface area contributed by atoms with Gasteiger partial charge in [0.25, 0.3) is 5.91 Å². The van der Waals surface area contributed by atoms with E-state index in [9.17, 15) is 9.18 Å². The van der Waals surface area contributed by atoms with Crippen LogP contribution >= 0.6 is 11.6 Å². The molecule has 0 radical (unpaired) electrons. The summed E-state index contributed by atoms with van der Waals surface area (Å²) in [7, 11) is 0. The number of halogens is 2. The Hall–Kier alpha value is -2.66. The van der Waals surface area contributed by atoms with Gasteiger partial charge < -0.3 is 10.1 Å². The SMILES string of the molecule is CC(Oc1ccc2c(-c3ccc(F)cc3Cl)ccnc2c1)C(=O)NC1CC1. The van der Waals surface area contributed by atoms with Gasteiger partial charge in [-0.1, -0.05) is 11.6 Å². The number of carbonyl (C=O) groups excluding carboxylic acids is 1. The van der Waals surface area contributed by atoms with Gasteiger partial charge in [-0.3, -0.25) is 9.78 Å². The molecule has 1 atom stereocenters. The fraction of sp³-hybridized carbons (Fsp3) is 0.238. The minimum Gasteiger partial charge on any atom is -0.481 e. The molecule has 0 aliphatic heterocycles. The molecular weight excluding hydrogens is 367 g/mol. The third-order valence-electron chi connectivity index (χ3n) is 4.54. The fourth-order valence-corrected chi connectivity index (χ4v) is 3.22. The van der Waals surface area contributed by atoms with Crippen molar-refractivity contribution in [2.45, 2.75) is 31.9 Å². The van der Waals surface area contributed by atoms with Crippen molar-refractivity contribution >= 4 is 28.4 Å². The third kappa shape index (κ3) is 3.88. The predicted octanol–water partition coefficient (Wildman–Crippen LogP) is 4.74. The monoisotopic (exact) mass is 384 g/mol. The average Bonchev–Trinajstić information content (AvgIpc) is 3.45. The summed E-state index contributed by atoms with van der Waals surface area (Å²) in [6.45, 7) is 1.73. The van der Waals surface area contributed by atoms with Crippen LogP contribution in [0.25, 0.3) is 22.0 Å². The number of hydrogen-bond donors (Lipinski definition) is 1. The second-order valence-electron chi connectivity index (χ2n) is 6.70. The van der Waals surface area contributed by atoms with Crippen LogP contribution in [0.4, 0.5) is 4.39 Å². The second kappa shape index (κ2) is 7.16. The minimum absolute atomic E-state index is 0.114. The Bertz CT molecular complexity index is 1020.